The first-order valence-corrected chi connectivity index (χ1v) is 16.5. The van der Waals surface area contributed by atoms with Gasteiger partial charge in [-0.3, -0.25) is 14.2 Å². The van der Waals surface area contributed by atoms with Gasteiger partial charge in [-0.15, -0.1) is 0 Å². The summed E-state index contributed by atoms with van der Waals surface area (Å²) in [7, 11) is -6.94. The molecule has 16 heteroatoms. The summed E-state index contributed by atoms with van der Waals surface area (Å²) in [5.41, 5.74) is 0.304. The SMILES string of the molecule is COc1ccc(NC(=O)c2cccc(S(=O)(=O)Nc3ccc(SC(F)F)cc3)c2)cc1NS(=O)(=O)c1ccc(Cl)c(Cl)c1. The zero-order valence-corrected chi connectivity index (χ0v) is 25.8. The van der Waals surface area contributed by atoms with Crippen molar-refractivity contribution in [2.75, 3.05) is 21.9 Å². The highest BCUT2D eigenvalue weighted by Gasteiger charge is 2.20. The molecule has 1 amide bonds. The molecule has 43 heavy (non-hydrogen) atoms. The van der Waals surface area contributed by atoms with Gasteiger partial charge in [0.25, 0.3) is 31.7 Å². The van der Waals surface area contributed by atoms with Gasteiger partial charge >= 0.3 is 0 Å². The quantitative estimate of drug-likeness (QED) is 0.143. The van der Waals surface area contributed by atoms with Crippen molar-refractivity contribution in [1.29, 1.82) is 0 Å². The zero-order chi connectivity index (χ0) is 31.4. The molecule has 4 aromatic rings. The lowest BCUT2D eigenvalue weighted by Gasteiger charge is -2.14. The minimum atomic E-state index is -4.14. The minimum Gasteiger partial charge on any atom is -0.495 e. The number of sulfonamides is 2. The molecule has 3 N–H and O–H groups in total. The van der Waals surface area contributed by atoms with Crippen LogP contribution in [-0.4, -0.2) is 35.6 Å². The third-order valence-corrected chi connectivity index (χ3v) is 9.84. The van der Waals surface area contributed by atoms with Crippen LogP contribution in [-0.2, 0) is 20.0 Å². The van der Waals surface area contributed by atoms with Gasteiger partial charge in [0.05, 0.1) is 32.6 Å². The lowest BCUT2D eigenvalue weighted by Crippen LogP contribution is -2.16. The van der Waals surface area contributed by atoms with Crippen LogP contribution in [0.25, 0.3) is 0 Å². The molecule has 226 valence electrons. The molecular weight excluding hydrogens is 667 g/mol. The second-order valence-electron chi connectivity index (χ2n) is 8.59. The number of hydrogen-bond acceptors (Lipinski definition) is 7. The van der Waals surface area contributed by atoms with Gasteiger partial charge in [0.2, 0.25) is 0 Å². The van der Waals surface area contributed by atoms with Crippen molar-refractivity contribution in [2.24, 2.45) is 0 Å². The van der Waals surface area contributed by atoms with Crippen LogP contribution < -0.4 is 19.5 Å². The lowest BCUT2D eigenvalue weighted by atomic mass is 10.2. The summed E-state index contributed by atoms with van der Waals surface area (Å²) in [4.78, 5) is 12.9. The Balaban J connectivity index is 1.52. The highest BCUT2D eigenvalue weighted by Crippen LogP contribution is 2.32. The maximum atomic E-state index is 13.0. The number of methoxy groups -OCH3 is 1. The van der Waals surface area contributed by atoms with E-state index in [1.165, 1.54) is 86.0 Å². The van der Waals surface area contributed by atoms with Crippen LogP contribution in [0.15, 0.2) is 99.6 Å². The second-order valence-corrected chi connectivity index (χ2v) is 13.8. The largest absolute Gasteiger partial charge is 0.495 e. The third-order valence-electron chi connectivity index (χ3n) is 5.64. The van der Waals surface area contributed by atoms with E-state index < -0.39 is 31.7 Å². The molecule has 4 aromatic carbocycles. The highest BCUT2D eigenvalue weighted by molar-refractivity contribution is 7.99. The van der Waals surface area contributed by atoms with Crippen molar-refractivity contribution in [2.45, 2.75) is 20.4 Å². The Labute approximate surface area is 260 Å². The summed E-state index contributed by atoms with van der Waals surface area (Å²) in [5.74, 6) is -3.14. The van der Waals surface area contributed by atoms with Gasteiger partial charge in [0.1, 0.15) is 5.75 Å². The van der Waals surface area contributed by atoms with E-state index in [-0.39, 0.29) is 53.1 Å². The molecule has 0 radical (unpaired) electrons. The van der Waals surface area contributed by atoms with Gasteiger partial charge in [0, 0.05) is 21.8 Å². The van der Waals surface area contributed by atoms with Crippen LogP contribution in [0.5, 0.6) is 5.75 Å². The average Bonchev–Trinajstić information content (AvgIpc) is 2.95. The van der Waals surface area contributed by atoms with E-state index in [1.807, 2.05) is 0 Å². The van der Waals surface area contributed by atoms with Crippen molar-refractivity contribution in [3.05, 3.63) is 101 Å². The first kappa shape index (κ1) is 32.4. The van der Waals surface area contributed by atoms with Crippen LogP contribution in [0.4, 0.5) is 25.8 Å². The third kappa shape index (κ3) is 8.30. The standard InChI is InChI=1S/C27H21Cl2F2N3O6S3/c1-40-25-12-7-18(14-24(25)34-43(38,39)21-10-11-22(28)23(29)15-21)32-26(35)16-3-2-4-20(13-16)42(36,37)33-17-5-8-19(9-6-17)41-27(30)31/h2-15,27,33-34H,1H3,(H,32,35). The van der Waals surface area contributed by atoms with Gasteiger partial charge in [0.15, 0.2) is 0 Å². The Morgan fingerprint density at radius 2 is 1.44 bits per heavy atom. The smallest absolute Gasteiger partial charge is 0.288 e. The van der Waals surface area contributed by atoms with Gasteiger partial charge in [-0.25, -0.2) is 16.8 Å². The van der Waals surface area contributed by atoms with Crippen molar-refractivity contribution >= 4 is 78.0 Å². The summed E-state index contributed by atoms with van der Waals surface area (Å²) in [6.45, 7) is 0. The number of rotatable bonds is 11. The number of carbonyl (C=O) groups excluding carboxylic acids is 1. The number of anilines is 3. The maximum Gasteiger partial charge on any atom is 0.288 e. The fourth-order valence-corrected chi connectivity index (χ4v) is 6.69. The fraction of sp³-hybridized carbons (Fsp3) is 0.0741. The number of nitrogens with one attached hydrogen (secondary N) is 3. The summed E-state index contributed by atoms with van der Waals surface area (Å²) in [5, 5.41) is 2.81. The Morgan fingerprint density at radius 1 is 0.791 bits per heavy atom. The normalized spacial score (nSPS) is 11.7. The molecule has 0 aliphatic carbocycles. The maximum absolute atomic E-state index is 13.0. The van der Waals surface area contributed by atoms with E-state index >= 15 is 0 Å². The number of benzene rings is 4. The van der Waals surface area contributed by atoms with Gasteiger partial charge in [-0.05, 0) is 78.9 Å². The van der Waals surface area contributed by atoms with Crippen LogP contribution in [0.1, 0.15) is 10.4 Å². The van der Waals surface area contributed by atoms with Crippen molar-refractivity contribution in [3.8, 4) is 5.75 Å². The first-order valence-electron chi connectivity index (χ1n) is 11.9. The second kappa shape index (κ2) is 13.4. The molecule has 0 aliphatic heterocycles. The molecule has 0 heterocycles. The molecule has 0 aromatic heterocycles. The van der Waals surface area contributed by atoms with Crippen molar-refractivity contribution < 1.29 is 35.1 Å². The molecule has 0 fully saturated rings. The minimum absolute atomic E-state index is 0.00451. The van der Waals surface area contributed by atoms with Gasteiger partial charge in [-0.2, -0.15) is 8.78 Å². The molecular formula is C27H21Cl2F2N3O6S3. The first-order chi connectivity index (χ1) is 20.3. The fourth-order valence-electron chi connectivity index (χ4n) is 3.64. The molecule has 0 saturated carbocycles. The number of thioether (sulfide) groups is 1. The van der Waals surface area contributed by atoms with Crippen molar-refractivity contribution in [1.82, 2.24) is 0 Å². The number of ether oxygens (including phenoxy) is 1. The number of hydrogen-bond donors (Lipinski definition) is 3. The summed E-state index contributed by atoms with van der Waals surface area (Å²) >= 11 is 12.2. The summed E-state index contributed by atoms with van der Waals surface area (Å²) in [6.07, 6.45) is 0. The molecule has 0 saturated heterocycles. The van der Waals surface area contributed by atoms with E-state index in [0.717, 1.165) is 6.07 Å². The molecule has 0 unspecified atom stereocenters. The van der Waals surface area contributed by atoms with Crippen LogP contribution in [0, 0.1) is 0 Å². The van der Waals surface area contributed by atoms with Crippen LogP contribution in [0.2, 0.25) is 10.0 Å². The van der Waals surface area contributed by atoms with E-state index in [1.54, 1.807) is 0 Å². The molecule has 0 atom stereocenters. The topological polar surface area (TPSA) is 131 Å². The Morgan fingerprint density at radius 3 is 2.09 bits per heavy atom. The van der Waals surface area contributed by atoms with Gasteiger partial charge in [-0.1, -0.05) is 41.0 Å². The van der Waals surface area contributed by atoms with Gasteiger partial charge < -0.3 is 10.1 Å². The zero-order valence-electron chi connectivity index (χ0n) is 21.8. The monoisotopic (exact) mass is 687 g/mol. The Hall–Kier alpha value is -3.56. The molecule has 0 aliphatic rings. The molecule has 0 bridgehead atoms. The molecule has 0 spiro atoms. The predicted octanol–water partition coefficient (Wildman–Crippen LogP) is 7.17. The van der Waals surface area contributed by atoms with E-state index in [2.05, 4.69) is 14.8 Å². The summed E-state index contributed by atoms with van der Waals surface area (Å²) in [6, 6.07) is 18.6. The number of amides is 1. The lowest BCUT2D eigenvalue weighted by molar-refractivity contribution is 0.102. The Bertz CT molecular complexity index is 1880. The van der Waals surface area contributed by atoms with Crippen LogP contribution in [0.3, 0.4) is 0 Å². The predicted molar refractivity (Wildman–Crippen MR) is 164 cm³/mol. The van der Waals surface area contributed by atoms with E-state index in [0.29, 0.717) is 11.8 Å². The van der Waals surface area contributed by atoms with Crippen molar-refractivity contribution in [3.63, 3.8) is 0 Å². The molecule has 9 nitrogen and oxygen atoms in total. The number of alkyl halides is 2. The van der Waals surface area contributed by atoms with Crippen LogP contribution >= 0.6 is 35.0 Å². The average molecular weight is 689 g/mol. The highest BCUT2D eigenvalue weighted by atomic mass is 35.5. The van der Waals surface area contributed by atoms with E-state index in [9.17, 15) is 30.4 Å². The number of carbonyl (C=O) groups is 1. The summed E-state index contributed by atoms with van der Waals surface area (Å²) < 4.78 is 86.9. The number of halogens is 4. The van der Waals surface area contributed by atoms with E-state index in [4.69, 9.17) is 27.9 Å². The Kier molecular flexibility index (Phi) is 10.1. The molecule has 4 rings (SSSR count).